The second-order valence-corrected chi connectivity index (χ2v) is 4.43. The zero-order valence-electron chi connectivity index (χ0n) is 9.67. The van der Waals surface area contributed by atoms with E-state index in [-0.39, 0.29) is 0 Å². The molecule has 0 aliphatic carbocycles. The fourth-order valence-electron chi connectivity index (χ4n) is 1.08. The van der Waals surface area contributed by atoms with Crippen molar-refractivity contribution in [2.24, 2.45) is 5.92 Å². The lowest BCUT2D eigenvalue weighted by atomic mass is 10.1. The molecule has 1 heterocycles. The molecule has 0 atom stereocenters. The summed E-state index contributed by atoms with van der Waals surface area (Å²) in [7, 11) is 0. The smallest absolute Gasteiger partial charge is 0.236 e. The van der Waals surface area contributed by atoms with E-state index in [9.17, 15) is 0 Å². The van der Waals surface area contributed by atoms with Crippen molar-refractivity contribution < 1.29 is 4.74 Å². The number of hydrogen-bond donors (Lipinski definition) is 0. The summed E-state index contributed by atoms with van der Waals surface area (Å²) in [5.74, 6) is 1.23. The van der Waals surface area contributed by atoms with Gasteiger partial charge in [-0.25, -0.2) is 0 Å². The number of aromatic nitrogens is 2. The highest BCUT2D eigenvalue weighted by Crippen LogP contribution is 2.22. The molecule has 15 heavy (non-hydrogen) atoms. The molecule has 0 N–H and O–H groups in total. The topological polar surface area (TPSA) is 35.0 Å². The quantitative estimate of drug-likeness (QED) is 0.794. The fraction of sp³-hybridized carbons (Fsp3) is 0.636. The molecule has 0 saturated heterocycles. The van der Waals surface area contributed by atoms with Gasteiger partial charge in [-0.1, -0.05) is 25.4 Å². The van der Waals surface area contributed by atoms with Crippen molar-refractivity contribution in [2.45, 2.75) is 34.1 Å². The van der Waals surface area contributed by atoms with Gasteiger partial charge in [0.25, 0.3) is 0 Å². The van der Waals surface area contributed by atoms with E-state index >= 15 is 0 Å². The Morgan fingerprint density at radius 3 is 2.47 bits per heavy atom. The van der Waals surface area contributed by atoms with Crippen LogP contribution in [0.3, 0.4) is 0 Å². The molecule has 1 aromatic heterocycles. The number of nitrogens with zero attached hydrogens (tertiary/aromatic N) is 2. The maximum atomic E-state index is 5.84. The summed E-state index contributed by atoms with van der Waals surface area (Å²) in [6.07, 6.45) is 1.02. The molecule has 0 spiro atoms. The van der Waals surface area contributed by atoms with E-state index in [0.717, 1.165) is 17.5 Å². The Hall–Kier alpha value is -0.830. The number of ether oxygens (including phenoxy) is 1. The average molecular weight is 229 g/mol. The molecule has 0 aliphatic rings. The van der Waals surface area contributed by atoms with Gasteiger partial charge in [0.15, 0.2) is 5.15 Å². The SMILES string of the molecule is Cc1c(Cl)nnc(OCCC(C)C)c1C. The van der Waals surface area contributed by atoms with Crippen molar-refractivity contribution in [3.8, 4) is 5.88 Å². The van der Waals surface area contributed by atoms with Crippen molar-refractivity contribution in [3.63, 3.8) is 0 Å². The molecule has 1 aromatic rings. The first kappa shape index (κ1) is 12.2. The second-order valence-electron chi connectivity index (χ2n) is 4.08. The van der Waals surface area contributed by atoms with Crippen molar-refractivity contribution in [3.05, 3.63) is 16.3 Å². The lowest BCUT2D eigenvalue weighted by molar-refractivity contribution is 0.274. The molecule has 0 saturated carbocycles. The molecule has 4 heteroatoms. The third kappa shape index (κ3) is 3.34. The molecule has 0 amide bonds. The maximum Gasteiger partial charge on any atom is 0.236 e. The minimum atomic E-state index is 0.448. The van der Waals surface area contributed by atoms with Gasteiger partial charge >= 0.3 is 0 Å². The highest BCUT2D eigenvalue weighted by atomic mass is 35.5. The van der Waals surface area contributed by atoms with Crippen LogP contribution < -0.4 is 4.74 Å². The first-order chi connectivity index (χ1) is 7.02. The molecule has 3 nitrogen and oxygen atoms in total. The summed E-state index contributed by atoms with van der Waals surface area (Å²) < 4.78 is 5.55. The summed E-state index contributed by atoms with van der Waals surface area (Å²) >= 11 is 5.84. The Bertz CT molecular complexity index is 340. The standard InChI is InChI=1S/C11H17ClN2O/c1-7(2)5-6-15-11-9(4)8(3)10(12)13-14-11/h7H,5-6H2,1-4H3. The first-order valence-corrected chi connectivity index (χ1v) is 5.52. The number of halogens is 1. The molecule has 0 radical (unpaired) electrons. The van der Waals surface area contributed by atoms with E-state index in [1.807, 2.05) is 13.8 Å². The van der Waals surface area contributed by atoms with Gasteiger partial charge in [-0.05, 0) is 31.7 Å². The van der Waals surface area contributed by atoms with Gasteiger partial charge in [-0.15, -0.1) is 10.2 Å². The van der Waals surface area contributed by atoms with Crippen LogP contribution in [0.25, 0.3) is 0 Å². The molecule has 0 fully saturated rings. The fourth-order valence-corrected chi connectivity index (χ4v) is 1.26. The predicted molar refractivity (Wildman–Crippen MR) is 61.5 cm³/mol. The average Bonchev–Trinajstić information content (AvgIpc) is 2.18. The van der Waals surface area contributed by atoms with Crippen LogP contribution in [0.4, 0.5) is 0 Å². The maximum absolute atomic E-state index is 5.84. The molecule has 1 rings (SSSR count). The van der Waals surface area contributed by atoms with Gasteiger partial charge in [-0.3, -0.25) is 0 Å². The summed E-state index contributed by atoms with van der Waals surface area (Å²) in [6, 6.07) is 0. The Morgan fingerprint density at radius 2 is 1.87 bits per heavy atom. The van der Waals surface area contributed by atoms with E-state index in [2.05, 4.69) is 24.0 Å². The summed E-state index contributed by atoms with van der Waals surface area (Å²) in [6.45, 7) is 8.86. The van der Waals surface area contributed by atoms with Crippen molar-refractivity contribution >= 4 is 11.6 Å². The summed E-state index contributed by atoms with van der Waals surface area (Å²) in [5.41, 5.74) is 1.91. The van der Waals surface area contributed by atoms with Crippen molar-refractivity contribution in [1.29, 1.82) is 0 Å². The molecule has 84 valence electrons. The molecular weight excluding hydrogens is 212 g/mol. The second kappa shape index (κ2) is 5.31. The Kier molecular flexibility index (Phi) is 4.33. The van der Waals surface area contributed by atoms with Gasteiger partial charge in [0, 0.05) is 5.56 Å². The van der Waals surface area contributed by atoms with Crippen LogP contribution in [0.5, 0.6) is 5.88 Å². The van der Waals surface area contributed by atoms with Crippen LogP contribution in [0.15, 0.2) is 0 Å². The summed E-state index contributed by atoms with van der Waals surface area (Å²) in [4.78, 5) is 0. The minimum absolute atomic E-state index is 0.448. The van der Waals surface area contributed by atoms with Crippen molar-refractivity contribution in [2.75, 3.05) is 6.61 Å². The molecular formula is C11H17ClN2O. The predicted octanol–water partition coefficient (Wildman–Crippen LogP) is 3.17. The molecule has 0 bridgehead atoms. The van der Waals surface area contributed by atoms with Gasteiger partial charge in [0.1, 0.15) is 0 Å². The van der Waals surface area contributed by atoms with Gasteiger partial charge in [0.05, 0.1) is 6.61 Å². The normalized spacial score (nSPS) is 10.8. The van der Waals surface area contributed by atoms with Gasteiger partial charge in [0.2, 0.25) is 5.88 Å². The third-order valence-electron chi connectivity index (χ3n) is 2.36. The van der Waals surface area contributed by atoms with E-state index in [1.54, 1.807) is 0 Å². The van der Waals surface area contributed by atoms with Crippen LogP contribution in [0.2, 0.25) is 5.15 Å². The molecule has 0 aromatic carbocycles. The van der Waals surface area contributed by atoms with Crippen LogP contribution >= 0.6 is 11.6 Å². The van der Waals surface area contributed by atoms with E-state index < -0.39 is 0 Å². The molecule has 0 aliphatic heterocycles. The number of hydrogen-bond acceptors (Lipinski definition) is 3. The lowest BCUT2D eigenvalue weighted by Gasteiger charge is -2.10. The van der Waals surface area contributed by atoms with Crippen LogP contribution in [-0.4, -0.2) is 16.8 Å². The minimum Gasteiger partial charge on any atom is -0.476 e. The van der Waals surface area contributed by atoms with Crippen LogP contribution in [0, 0.1) is 19.8 Å². The highest BCUT2D eigenvalue weighted by molar-refractivity contribution is 6.30. The monoisotopic (exact) mass is 228 g/mol. The highest BCUT2D eigenvalue weighted by Gasteiger charge is 2.08. The largest absolute Gasteiger partial charge is 0.476 e. The molecule has 0 unspecified atom stereocenters. The van der Waals surface area contributed by atoms with Gasteiger partial charge < -0.3 is 4.74 Å². The zero-order chi connectivity index (χ0) is 11.4. The zero-order valence-corrected chi connectivity index (χ0v) is 10.4. The van der Waals surface area contributed by atoms with Crippen LogP contribution in [-0.2, 0) is 0 Å². The van der Waals surface area contributed by atoms with E-state index in [0.29, 0.717) is 23.6 Å². The lowest BCUT2D eigenvalue weighted by Crippen LogP contribution is -2.06. The third-order valence-corrected chi connectivity index (χ3v) is 2.71. The van der Waals surface area contributed by atoms with Crippen LogP contribution in [0.1, 0.15) is 31.4 Å². The Morgan fingerprint density at radius 1 is 1.20 bits per heavy atom. The Labute approximate surface area is 95.8 Å². The summed E-state index contributed by atoms with van der Waals surface area (Å²) in [5, 5.41) is 8.21. The Balaban J connectivity index is 2.66. The van der Waals surface area contributed by atoms with Crippen molar-refractivity contribution in [1.82, 2.24) is 10.2 Å². The van der Waals surface area contributed by atoms with E-state index in [4.69, 9.17) is 16.3 Å². The first-order valence-electron chi connectivity index (χ1n) is 5.14. The van der Waals surface area contributed by atoms with E-state index in [1.165, 1.54) is 0 Å². The number of rotatable bonds is 4. The van der Waals surface area contributed by atoms with Gasteiger partial charge in [-0.2, -0.15) is 0 Å².